The van der Waals surface area contributed by atoms with E-state index in [0.29, 0.717) is 43.9 Å². The topological polar surface area (TPSA) is 89.6 Å². The van der Waals surface area contributed by atoms with Gasteiger partial charge in [0.2, 0.25) is 5.95 Å². The Morgan fingerprint density at radius 1 is 1.16 bits per heavy atom. The summed E-state index contributed by atoms with van der Waals surface area (Å²) in [7, 11) is 0. The van der Waals surface area contributed by atoms with Crippen molar-refractivity contribution in [1.82, 2.24) is 24.4 Å². The summed E-state index contributed by atoms with van der Waals surface area (Å²) < 4.78 is 38.3. The van der Waals surface area contributed by atoms with Crippen LogP contribution in [0.2, 0.25) is 0 Å². The monoisotopic (exact) mass is 523 g/mol. The van der Waals surface area contributed by atoms with Gasteiger partial charge in [0.15, 0.2) is 11.5 Å². The van der Waals surface area contributed by atoms with E-state index >= 15 is 4.39 Å². The second-order valence-electron chi connectivity index (χ2n) is 10.4. The van der Waals surface area contributed by atoms with Gasteiger partial charge in [-0.2, -0.15) is 14.6 Å². The highest BCUT2D eigenvalue weighted by Gasteiger charge is 2.25. The third kappa shape index (κ3) is 4.73. The minimum Gasteiger partial charge on any atom is -0.378 e. The molecule has 1 N–H and O–H groups in total. The first-order valence-corrected chi connectivity index (χ1v) is 12.6. The van der Waals surface area contributed by atoms with Gasteiger partial charge in [-0.05, 0) is 57.0 Å². The Morgan fingerprint density at radius 3 is 2.55 bits per heavy atom. The number of aryl methyl sites for hydroxylation is 2. The van der Waals surface area contributed by atoms with Crippen LogP contribution in [0.1, 0.15) is 49.4 Å². The number of aromatic nitrogens is 5. The van der Waals surface area contributed by atoms with E-state index in [4.69, 9.17) is 9.72 Å². The van der Waals surface area contributed by atoms with Gasteiger partial charge in [-0.15, -0.1) is 0 Å². The maximum Gasteiger partial charge on any atom is 0.262 e. The molecular formula is C27H31F2N7O2. The van der Waals surface area contributed by atoms with Crippen LogP contribution in [-0.4, -0.2) is 56.6 Å². The lowest BCUT2D eigenvalue weighted by Crippen LogP contribution is -2.36. The lowest BCUT2D eigenvalue weighted by molar-refractivity contribution is 0.102. The van der Waals surface area contributed by atoms with Gasteiger partial charge in [0, 0.05) is 31.3 Å². The first kappa shape index (κ1) is 25.8. The summed E-state index contributed by atoms with van der Waals surface area (Å²) in [6.07, 6.45) is 3.69. The number of carbonyl (C=O) groups excluding carboxylic acids is 1. The minimum atomic E-state index is -0.778. The van der Waals surface area contributed by atoms with Crippen LogP contribution in [0.4, 0.5) is 20.2 Å². The molecule has 0 radical (unpaired) electrons. The number of benzene rings is 1. The Bertz CT molecular complexity index is 1510. The molecule has 11 heteroatoms. The predicted octanol–water partition coefficient (Wildman–Crippen LogP) is 4.59. The Labute approximate surface area is 219 Å². The van der Waals surface area contributed by atoms with Crippen molar-refractivity contribution in [2.75, 3.05) is 36.5 Å². The number of halogens is 2. The molecule has 9 nitrogen and oxygen atoms in total. The Morgan fingerprint density at radius 2 is 1.89 bits per heavy atom. The molecule has 1 aromatic carbocycles. The summed E-state index contributed by atoms with van der Waals surface area (Å²) in [5, 5.41) is 11.1. The number of pyridine rings is 1. The number of ether oxygens (including phenoxy) is 1. The molecule has 200 valence electrons. The first-order chi connectivity index (χ1) is 18.1. The number of anilines is 2. The molecule has 1 saturated heterocycles. The van der Waals surface area contributed by atoms with Crippen molar-refractivity contribution in [2.24, 2.45) is 0 Å². The molecule has 1 amide bonds. The molecule has 0 aliphatic carbocycles. The zero-order chi connectivity index (χ0) is 27.2. The summed E-state index contributed by atoms with van der Waals surface area (Å²) >= 11 is 0. The van der Waals surface area contributed by atoms with Crippen LogP contribution >= 0.6 is 0 Å². The second-order valence-corrected chi connectivity index (χ2v) is 10.4. The Kier molecular flexibility index (Phi) is 6.64. The molecule has 0 saturated carbocycles. The highest BCUT2D eigenvalue weighted by molar-refractivity contribution is 6.04. The average molecular weight is 524 g/mol. The number of nitrogens with one attached hydrogen (secondary N) is 1. The van der Waals surface area contributed by atoms with E-state index in [1.54, 1.807) is 38.3 Å². The van der Waals surface area contributed by atoms with Crippen LogP contribution in [0.3, 0.4) is 0 Å². The van der Waals surface area contributed by atoms with Gasteiger partial charge in [-0.1, -0.05) is 6.92 Å². The predicted molar refractivity (Wildman–Crippen MR) is 141 cm³/mol. The van der Waals surface area contributed by atoms with Crippen molar-refractivity contribution in [1.29, 1.82) is 0 Å². The highest BCUT2D eigenvalue weighted by atomic mass is 19.1. The van der Waals surface area contributed by atoms with E-state index in [-0.39, 0.29) is 11.3 Å². The number of amides is 1. The van der Waals surface area contributed by atoms with Crippen LogP contribution in [-0.2, 0) is 16.7 Å². The van der Waals surface area contributed by atoms with E-state index in [0.717, 1.165) is 33.6 Å². The van der Waals surface area contributed by atoms with Crippen LogP contribution in [0.25, 0.3) is 16.8 Å². The number of nitrogens with zero attached hydrogens (tertiary/aromatic N) is 6. The SMILES string of the molecule is CCc1nc2c(N3CCOCC3)cc(-c3cc(NC(=O)c4cnn(C(C)(C)C)c4F)c(F)cc3C)cn2n1. The average Bonchev–Trinajstić information content (AvgIpc) is 3.48. The number of hydrogen-bond acceptors (Lipinski definition) is 6. The molecule has 3 aromatic heterocycles. The third-order valence-corrected chi connectivity index (χ3v) is 6.59. The summed E-state index contributed by atoms with van der Waals surface area (Å²) in [6.45, 7) is 11.8. The van der Waals surface area contributed by atoms with Gasteiger partial charge in [-0.3, -0.25) is 4.79 Å². The van der Waals surface area contributed by atoms with E-state index in [9.17, 15) is 9.18 Å². The maximum atomic E-state index is 15.0. The fourth-order valence-electron chi connectivity index (χ4n) is 4.57. The van der Waals surface area contributed by atoms with Crippen molar-refractivity contribution in [3.63, 3.8) is 0 Å². The number of morpholine rings is 1. The van der Waals surface area contributed by atoms with Crippen molar-refractivity contribution in [3.05, 3.63) is 59.3 Å². The summed E-state index contributed by atoms with van der Waals surface area (Å²) in [5.41, 5.74) is 2.85. The third-order valence-electron chi connectivity index (χ3n) is 6.59. The number of rotatable bonds is 5. The molecule has 1 aliphatic heterocycles. The molecule has 0 atom stereocenters. The van der Waals surface area contributed by atoms with Crippen molar-refractivity contribution in [3.8, 4) is 11.1 Å². The number of carbonyl (C=O) groups is 1. The normalized spacial score (nSPS) is 14.3. The van der Waals surface area contributed by atoms with Crippen LogP contribution in [0, 0.1) is 18.7 Å². The fraction of sp³-hybridized carbons (Fsp3) is 0.407. The summed E-state index contributed by atoms with van der Waals surface area (Å²) in [6, 6.07) is 4.93. The van der Waals surface area contributed by atoms with Crippen molar-refractivity contribution < 1.29 is 18.3 Å². The molecule has 4 aromatic rings. The second kappa shape index (κ2) is 9.79. The van der Waals surface area contributed by atoms with Gasteiger partial charge in [-0.25, -0.2) is 18.6 Å². The van der Waals surface area contributed by atoms with Gasteiger partial charge < -0.3 is 15.0 Å². The molecule has 0 unspecified atom stereocenters. The van der Waals surface area contributed by atoms with Crippen LogP contribution < -0.4 is 10.2 Å². The molecule has 1 fully saturated rings. The van der Waals surface area contributed by atoms with E-state index in [1.807, 2.05) is 19.2 Å². The molecule has 5 rings (SSSR count). The van der Waals surface area contributed by atoms with Crippen LogP contribution in [0.15, 0.2) is 30.6 Å². The van der Waals surface area contributed by atoms with E-state index in [1.165, 1.54) is 6.07 Å². The Balaban J connectivity index is 1.55. The van der Waals surface area contributed by atoms with E-state index in [2.05, 4.69) is 20.4 Å². The molecule has 0 bridgehead atoms. The summed E-state index contributed by atoms with van der Waals surface area (Å²) in [5.74, 6) is -1.45. The Hall–Kier alpha value is -3.86. The zero-order valence-corrected chi connectivity index (χ0v) is 22.2. The standard InChI is InChI=1S/C27H31F2N7O2/c1-6-23-32-25-22(34-7-9-38-10-8-34)12-17(15-35(25)33-23)18-13-21(20(28)11-16(18)2)31-26(37)19-14-30-36(24(19)29)27(3,4)5/h11-15H,6-10H2,1-5H3,(H,31,37). The zero-order valence-electron chi connectivity index (χ0n) is 22.2. The van der Waals surface area contributed by atoms with Crippen molar-refractivity contribution in [2.45, 2.75) is 46.6 Å². The molecular weight excluding hydrogens is 492 g/mol. The quantitative estimate of drug-likeness (QED) is 0.412. The van der Waals surface area contributed by atoms with E-state index < -0.39 is 23.2 Å². The van der Waals surface area contributed by atoms with Crippen LogP contribution in [0.5, 0.6) is 0 Å². The molecule has 0 spiro atoms. The van der Waals surface area contributed by atoms with Gasteiger partial charge in [0.1, 0.15) is 11.4 Å². The first-order valence-electron chi connectivity index (χ1n) is 12.6. The van der Waals surface area contributed by atoms with Crippen molar-refractivity contribution >= 4 is 22.9 Å². The maximum absolute atomic E-state index is 15.0. The molecule has 4 heterocycles. The summed E-state index contributed by atoms with van der Waals surface area (Å²) in [4.78, 5) is 19.8. The van der Waals surface area contributed by atoms with Gasteiger partial charge >= 0.3 is 0 Å². The highest BCUT2D eigenvalue weighted by Crippen LogP contribution is 2.33. The van der Waals surface area contributed by atoms with Gasteiger partial charge in [0.25, 0.3) is 5.91 Å². The fourth-order valence-corrected chi connectivity index (χ4v) is 4.57. The lowest BCUT2D eigenvalue weighted by atomic mass is 10.00. The molecule has 38 heavy (non-hydrogen) atoms. The number of hydrogen-bond donors (Lipinski definition) is 1. The van der Waals surface area contributed by atoms with Gasteiger partial charge in [0.05, 0.1) is 36.3 Å². The molecule has 1 aliphatic rings. The minimum absolute atomic E-state index is 0.0561. The smallest absolute Gasteiger partial charge is 0.262 e. The lowest BCUT2D eigenvalue weighted by Gasteiger charge is -2.29. The largest absolute Gasteiger partial charge is 0.378 e. The number of fused-ring (bicyclic) bond motifs is 1.